The van der Waals surface area contributed by atoms with Gasteiger partial charge < -0.3 is 65.1 Å². The summed E-state index contributed by atoms with van der Waals surface area (Å²) in [6.45, 7) is 2.78. The van der Waals surface area contributed by atoms with Crippen LogP contribution in [0.2, 0.25) is 0 Å². The standard InChI is InChI=1S/C63H117NO13/c1-3-5-7-9-11-13-15-17-19-20-21-22-23-24-25-26-27-28-29-30-31-32-33-34-36-38-40-42-44-46-52(67)51(64-55(68)47-45-43-41-39-37-35-18-16-14-12-10-8-6-4-2)50-74-62-60(73)58(71)61(54(49-66)76-62)77-63-59(72)57(70)56(69)53(48-65)75-63/h16,18,36,38,44,46,51-54,56-63,65-67,69-73H,3-15,17,19-35,37,39-43,45,47-50H2,1-2H3,(H,64,68)/b18-16-,38-36+,46-44+. The number of aliphatic hydroxyl groups excluding tert-OH is 8. The Labute approximate surface area is 468 Å². The Kier molecular flexibility index (Phi) is 45.3. The highest BCUT2D eigenvalue weighted by Crippen LogP contribution is 2.30. The van der Waals surface area contributed by atoms with E-state index in [1.165, 1.54) is 180 Å². The van der Waals surface area contributed by atoms with Crippen LogP contribution < -0.4 is 5.32 Å². The molecule has 14 nitrogen and oxygen atoms in total. The van der Waals surface area contributed by atoms with Crippen LogP contribution in [0.4, 0.5) is 0 Å². The average Bonchev–Trinajstić information content (AvgIpc) is 3.44. The van der Waals surface area contributed by atoms with Crippen molar-refractivity contribution in [3.63, 3.8) is 0 Å². The maximum Gasteiger partial charge on any atom is 0.220 e. The Morgan fingerprint density at radius 2 is 0.831 bits per heavy atom. The third kappa shape index (κ3) is 34.3. The SMILES string of the molecule is CCCCCCC/C=C\CCCCCCCC(=O)NC(COC1OC(CO)C(OC2OC(CO)C(O)C(O)C2O)C(O)C1O)C(O)/C=C/CC/C=C/CCCCCCCCCCCCCCCCCCCCCCCCC. The molecule has 2 rings (SSSR count). The lowest BCUT2D eigenvalue weighted by molar-refractivity contribution is -0.359. The fraction of sp³-hybridized carbons (Fsp3) is 0.889. The van der Waals surface area contributed by atoms with E-state index in [1.54, 1.807) is 6.08 Å². The van der Waals surface area contributed by atoms with E-state index in [2.05, 4.69) is 43.5 Å². The van der Waals surface area contributed by atoms with Crippen LogP contribution in [0.15, 0.2) is 36.5 Å². The molecule has 77 heavy (non-hydrogen) atoms. The number of unbranched alkanes of at least 4 members (excludes halogenated alkanes) is 34. The number of aliphatic hydroxyl groups is 8. The number of nitrogens with one attached hydrogen (secondary N) is 1. The van der Waals surface area contributed by atoms with Crippen molar-refractivity contribution in [2.24, 2.45) is 0 Å². The van der Waals surface area contributed by atoms with Crippen molar-refractivity contribution >= 4 is 5.91 Å². The summed E-state index contributed by atoms with van der Waals surface area (Å²) in [4.78, 5) is 13.2. The Bertz CT molecular complexity index is 1430. The molecule has 0 aromatic heterocycles. The van der Waals surface area contributed by atoms with Crippen molar-refractivity contribution in [1.82, 2.24) is 5.32 Å². The largest absolute Gasteiger partial charge is 0.394 e. The molecule has 2 aliphatic heterocycles. The molecule has 0 spiro atoms. The predicted octanol–water partition coefficient (Wildman–Crippen LogP) is 11.4. The van der Waals surface area contributed by atoms with Crippen LogP contribution in [0.25, 0.3) is 0 Å². The van der Waals surface area contributed by atoms with Gasteiger partial charge in [-0.1, -0.05) is 237 Å². The lowest BCUT2D eigenvalue weighted by Gasteiger charge is -2.46. The molecular formula is C63H117NO13. The highest BCUT2D eigenvalue weighted by Gasteiger charge is 2.51. The summed E-state index contributed by atoms with van der Waals surface area (Å²) in [6, 6.07) is -0.935. The molecule has 0 saturated carbocycles. The number of amides is 1. The second-order valence-electron chi connectivity index (χ2n) is 22.5. The maximum absolute atomic E-state index is 13.2. The van der Waals surface area contributed by atoms with E-state index in [9.17, 15) is 45.6 Å². The van der Waals surface area contributed by atoms with Gasteiger partial charge in [0.1, 0.15) is 48.8 Å². The quantitative estimate of drug-likeness (QED) is 0.0204. The van der Waals surface area contributed by atoms with Crippen LogP contribution >= 0.6 is 0 Å². The summed E-state index contributed by atoms with van der Waals surface area (Å²) in [5.74, 6) is -0.257. The first-order chi connectivity index (χ1) is 37.6. The molecule has 2 heterocycles. The number of carbonyl (C=O) groups excluding carboxylic acids is 1. The number of hydrogen-bond acceptors (Lipinski definition) is 13. The lowest BCUT2D eigenvalue weighted by atomic mass is 9.97. The van der Waals surface area contributed by atoms with Crippen LogP contribution in [-0.4, -0.2) is 140 Å². The van der Waals surface area contributed by atoms with Crippen molar-refractivity contribution < 1.29 is 64.6 Å². The molecule has 0 aliphatic carbocycles. The van der Waals surface area contributed by atoms with E-state index < -0.39 is 86.8 Å². The molecule has 1 amide bonds. The van der Waals surface area contributed by atoms with Gasteiger partial charge in [0.15, 0.2) is 12.6 Å². The molecule has 0 aromatic rings. The van der Waals surface area contributed by atoms with Crippen LogP contribution in [-0.2, 0) is 23.7 Å². The minimum absolute atomic E-state index is 0.257. The normalized spacial score (nSPS) is 24.9. The molecular weight excluding hydrogens is 979 g/mol. The first kappa shape index (κ1) is 71.3. The summed E-state index contributed by atoms with van der Waals surface area (Å²) in [5, 5.41) is 87.1. The third-order valence-electron chi connectivity index (χ3n) is 15.5. The molecule has 2 saturated heterocycles. The van der Waals surface area contributed by atoms with Crippen molar-refractivity contribution in [2.75, 3.05) is 19.8 Å². The predicted molar refractivity (Wildman–Crippen MR) is 309 cm³/mol. The first-order valence-corrected chi connectivity index (χ1v) is 31.7. The highest BCUT2D eigenvalue weighted by atomic mass is 16.7. The van der Waals surface area contributed by atoms with Gasteiger partial charge in [0.2, 0.25) is 5.91 Å². The summed E-state index contributed by atoms with van der Waals surface area (Å²) in [6.07, 6.45) is 43.5. The smallest absolute Gasteiger partial charge is 0.220 e. The Morgan fingerprint density at radius 1 is 0.455 bits per heavy atom. The molecule has 2 fully saturated rings. The minimum atomic E-state index is -1.79. The van der Waals surface area contributed by atoms with Crippen LogP contribution in [0.1, 0.15) is 264 Å². The average molecular weight is 1100 g/mol. The fourth-order valence-corrected chi connectivity index (χ4v) is 10.4. The van der Waals surface area contributed by atoms with Crippen molar-refractivity contribution in [1.29, 1.82) is 0 Å². The van der Waals surface area contributed by atoms with Crippen molar-refractivity contribution in [2.45, 2.75) is 338 Å². The topological polar surface area (TPSA) is 228 Å². The zero-order chi connectivity index (χ0) is 56.0. The number of rotatable bonds is 51. The summed E-state index contributed by atoms with van der Waals surface area (Å²) >= 11 is 0. The number of carbonyl (C=O) groups is 1. The molecule has 0 aromatic carbocycles. The monoisotopic (exact) mass is 1100 g/mol. The summed E-state index contributed by atoms with van der Waals surface area (Å²) in [7, 11) is 0. The molecule has 14 heteroatoms. The molecule has 0 radical (unpaired) electrons. The Hall–Kier alpha value is -1.79. The van der Waals surface area contributed by atoms with Gasteiger partial charge in [-0.2, -0.15) is 0 Å². The van der Waals surface area contributed by atoms with Gasteiger partial charge in [-0.15, -0.1) is 0 Å². The lowest BCUT2D eigenvalue weighted by Crippen LogP contribution is -2.65. The van der Waals surface area contributed by atoms with Gasteiger partial charge in [-0.25, -0.2) is 0 Å². The zero-order valence-corrected chi connectivity index (χ0v) is 48.7. The third-order valence-corrected chi connectivity index (χ3v) is 15.5. The van der Waals surface area contributed by atoms with Crippen LogP contribution in [0.5, 0.6) is 0 Å². The second kappa shape index (κ2) is 48.9. The maximum atomic E-state index is 13.2. The fourth-order valence-electron chi connectivity index (χ4n) is 10.4. The Balaban J connectivity index is 1.71. The van der Waals surface area contributed by atoms with Gasteiger partial charge in [-0.05, 0) is 57.8 Å². The molecule has 12 atom stereocenters. The highest BCUT2D eigenvalue weighted by molar-refractivity contribution is 5.76. The molecule has 0 bridgehead atoms. The molecule has 12 unspecified atom stereocenters. The van der Waals surface area contributed by atoms with Gasteiger partial charge in [-0.3, -0.25) is 4.79 Å². The van der Waals surface area contributed by atoms with E-state index in [4.69, 9.17) is 18.9 Å². The summed E-state index contributed by atoms with van der Waals surface area (Å²) in [5.41, 5.74) is 0. The van der Waals surface area contributed by atoms with Crippen LogP contribution in [0.3, 0.4) is 0 Å². The Morgan fingerprint density at radius 3 is 1.27 bits per heavy atom. The van der Waals surface area contributed by atoms with E-state index in [1.807, 2.05) is 6.08 Å². The van der Waals surface area contributed by atoms with Gasteiger partial charge in [0, 0.05) is 6.42 Å². The van der Waals surface area contributed by atoms with E-state index in [0.717, 1.165) is 51.4 Å². The van der Waals surface area contributed by atoms with Gasteiger partial charge in [0.05, 0.1) is 32.0 Å². The van der Waals surface area contributed by atoms with Gasteiger partial charge >= 0.3 is 0 Å². The number of allylic oxidation sites excluding steroid dienone is 5. The summed E-state index contributed by atoms with van der Waals surface area (Å²) < 4.78 is 22.8. The van der Waals surface area contributed by atoms with Gasteiger partial charge in [0.25, 0.3) is 0 Å². The molecule has 452 valence electrons. The first-order valence-electron chi connectivity index (χ1n) is 31.7. The van der Waals surface area contributed by atoms with Crippen LogP contribution in [0, 0.1) is 0 Å². The second-order valence-corrected chi connectivity index (χ2v) is 22.5. The van der Waals surface area contributed by atoms with Crippen molar-refractivity contribution in [3.8, 4) is 0 Å². The van der Waals surface area contributed by atoms with E-state index in [0.29, 0.717) is 12.8 Å². The van der Waals surface area contributed by atoms with E-state index >= 15 is 0 Å². The number of hydrogen-bond donors (Lipinski definition) is 9. The minimum Gasteiger partial charge on any atom is -0.394 e. The molecule has 9 N–H and O–H groups in total. The number of ether oxygens (including phenoxy) is 4. The van der Waals surface area contributed by atoms with Crippen molar-refractivity contribution in [3.05, 3.63) is 36.5 Å². The van der Waals surface area contributed by atoms with E-state index in [-0.39, 0.29) is 18.9 Å². The zero-order valence-electron chi connectivity index (χ0n) is 48.7. The molecule has 2 aliphatic rings.